The molecule has 0 rings (SSSR count). The first-order valence-electron chi connectivity index (χ1n) is 6.34. The average molecular weight is 227 g/mol. The van der Waals surface area contributed by atoms with Gasteiger partial charge in [-0.3, -0.25) is 4.79 Å². The highest BCUT2D eigenvalue weighted by Crippen LogP contribution is 2.32. The van der Waals surface area contributed by atoms with Gasteiger partial charge in [-0.05, 0) is 40.8 Å². The number of nitrogens with zero attached hydrogens (tertiary/aromatic N) is 1. The van der Waals surface area contributed by atoms with Crippen LogP contribution < -0.4 is 0 Å². The lowest BCUT2D eigenvalue weighted by Crippen LogP contribution is -2.44. The van der Waals surface area contributed by atoms with E-state index in [1.54, 1.807) is 0 Å². The van der Waals surface area contributed by atoms with Crippen LogP contribution in [0.4, 0.5) is 0 Å². The molecule has 0 saturated heterocycles. The Bertz CT molecular complexity index is 229. The maximum absolute atomic E-state index is 12.1. The molecule has 0 unspecified atom stereocenters. The van der Waals surface area contributed by atoms with Crippen molar-refractivity contribution in [1.82, 2.24) is 4.90 Å². The fourth-order valence-electron chi connectivity index (χ4n) is 2.01. The largest absolute Gasteiger partial charge is 0.304 e. The summed E-state index contributed by atoms with van der Waals surface area (Å²) in [5.41, 5.74) is -0.131. The summed E-state index contributed by atoms with van der Waals surface area (Å²) in [6, 6.07) is 0. The van der Waals surface area contributed by atoms with Crippen molar-refractivity contribution in [2.75, 3.05) is 14.1 Å². The Kier molecular flexibility index (Phi) is 5.67. The third-order valence-electron chi connectivity index (χ3n) is 3.60. The first-order valence-corrected chi connectivity index (χ1v) is 6.34. The lowest BCUT2D eigenvalue weighted by atomic mass is 9.75. The van der Waals surface area contributed by atoms with Gasteiger partial charge in [0.05, 0.1) is 0 Å². The fraction of sp³-hybridized carbons (Fsp3) is 0.929. The van der Waals surface area contributed by atoms with Gasteiger partial charge in [0, 0.05) is 17.4 Å². The van der Waals surface area contributed by atoms with E-state index in [1.165, 1.54) is 0 Å². The summed E-state index contributed by atoms with van der Waals surface area (Å²) < 4.78 is 0. The van der Waals surface area contributed by atoms with E-state index in [9.17, 15) is 4.79 Å². The van der Waals surface area contributed by atoms with Crippen LogP contribution in [0.5, 0.6) is 0 Å². The van der Waals surface area contributed by atoms with Crippen molar-refractivity contribution in [2.24, 2.45) is 5.41 Å². The van der Waals surface area contributed by atoms with Gasteiger partial charge in [0.15, 0.2) is 0 Å². The van der Waals surface area contributed by atoms with Crippen LogP contribution in [0.2, 0.25) is 0 Å². The van der Waals surface area contributed by atoms with Gasteiger partial charge < -0.3 is 4.90 Å². The molecule has 0 aliphatic rings. The Balaban J connectivity index is 4.49. The molecule has 16 heavy (non-hydrogen) atoms. The number of carbonyl (C=O) groups excluding carboxylic acids is 1. The highest BCUT2D eigenvalue weighted by Gasteiger charge is 2.34. The van der Waals surface area contributed by atoms with Crippen LogP contribution in [0.3, 0.4) is 0 Å². The number of hydrogen-bond acceptors (Lipinski definition) is 2. The third kappa shape index (κ3) is 4.65. The summed E-state index contributed by atoms with van der Waals surface area (Å²) in [5, 5.41) is 0. The van der Waals surface area contributed by atoms with E-state index >= 15 is 0 Å². The zero-order valence-electron chi connectivity index (χ0n) is 12.2. The molecule has 0 aromatic heterocycles. The second-order valence-corrected chi connectivity index (χ2v) is 6.29. The summed E-state index contributed by atoms with van der Waals surface area (Å²) in [6.45, 7) is 10.7. The maximum atomic E-state index is 12.1. The lowest BCUT2D eigenvalue weighted by molar-refractivity contribution is -0.129. The molecule has 2 heteroatoms. The minimum atomic E-state index is -0.205. The smallest absolute Gasteiger partial charge is 0.138 e. The molecule has 0 bridgehead atoms. The Morgan fingerprint density at radius 1 is 1.12 bits per heavy atom. The van der Waals surface area contributed by atoms with Crippen molar-refractivity contribution < 1.29 is 4.79 Å². The van der Waals surface area contributed by atoms with E-state index in [2.05, 4.69) is 53.6 Å². The molecule has 0 heterocycles. The van der Waals surface area contributed by atoms with Crippen molar-refractivity contribution >= 4 is 5.78 Å². The van der Waals surface area contributed by atoms with E-state index in [0.29, 0.717) is 5.78 Å². The lowest BCUT2D eigenvalue weighted by Gasteiger charge is -2.39. The molecule has 0 aliphatic carbocycles. The first-order chi connectivity index (χ1) is 7.13. The number of ketones is 1. The molecule has 0 aromatic rings. The van der Waals surface area contributed by atoms with E-state index in [1.807, 2.05) is 0 Å². The third-order valence-corrected chi connectivity index (χ3v) is 3.60. The van der Waals surface area contributed by atoms with E-state index in [0.717, 1.165) is 25.7 Å². The predicted octanol–water partition coefficient (Wildman–Crippen LogP) is 3.50. The minimum absolute atomic E-state index is 0.0748. The highest BCUT2D eigenvalue weighted by molar-refractivity contribution is 5.84. The SMILES string of the molecule is CCCCC(=O)C(C)(C)CC(C)(C)N(C)C. The van der Waals surface area contributed by atoms with Gasteiger partial charge in [0.1, 0.15) is 5.78 Å². The van der Waals surface area contributed by atoms with E-state index < -0.39 is 0 Å². The van der Waals surface area contributed by atoms with Gasteiger partial charge in [-0.2, -0.15) is 0 Å². The molecule has 0 aliphatic heterocycles. The van der Waals surface area contributed by atoms with Gasteiger partial charge in [0.25, 0.3) is 0 Å². The van der Waals surface area contributed by atoms with Crippen LogP contribution in [-0.2, 0) is 4.79 Å². The summed E-state index contributed by atoms with van der Waals surface area (Å²) in [5.74, 6) is 0.407. The Morgan fingerprint density at radius 2 is 1.62 bits per heavy atom. The van der Waals surface area contributed by atoms with Crippen molar-refractivity contribution in [1.29, 1.82) is 0 Å². The van der Waals surface area contributed by atoms with Crippen LogP contribution in [0.15, 0.2) is 0 Å². The Morgan fingerprint density at radius 3 is 2.00 bits per heavy atom. The Hall–Kier alpha value is -0.370. The van der Waals surface area contributed by atoms with Crippen molar-refractivity contribution in [3.05, 3.63) is 0 Å². The van der Waals surface area contributed by atoms with Crippen LogP contribution in [0.25, 0.3) is 0 Å². The zero-order chi connectivity index (χ0) is 13.0. The van der Waals surface area contributed by atoms with Gasteiger partial charge in [0.2, 0.25) is 0 Å². The molecule has 0 amide bonds. The summed E-state index contributed by atoms with van der Waals surface area (Å²) in [6.07, 6.45) is 3.76. The zero-order valence-corrected chi connectivity index (χ0v) is 12.2. The molecule has 96 valence electrons. The van der Waals surface area contributed by atoms with E-state index in [-0.39, 0.29) is 11.0 Å². The molecule has 0 spiro atoms. The molecular weight excluding hydrogens is 198 g/mol. The fourth-order valence-corrected chi connectivity index (χ4v) is 2.01. The molecule has 0 N–H and O–H groups in total. The van der Waals surface area contributed by atoms with Crippen molar-refractivity contribution in [2.45, 2.75) is 65.8 Å². The average Bonchev–Trinajstić information content (AvgIpc) is 2.12. The highest BCUT2D eigenvalue weighted by atomic mass is 16.1. The standard InChI is InChI=1S/C14H29NO/c1-8-9-10-12(16)13(2,3)11-14(4,5)15(6)7/h8-11H2,1-7H3. The summed E-state index contributed by atoms with van der Waals surface area (Å²) >= 11 is 0. The monoisotopic (exact) mass is 227 g/mol. The van der Waals surface area contributed by atoms with Gasteiger partial charge in [-0.1, -0.05) is 27.2 Å². The normalized spacial score (nSPS) is 13.2. The quantitative estimate of drug-likeness (QED) is 0.663. The molecule has 2 nitrogen and oxygen atoms in total. The first kappa shape index (κ1) is 15.6. The van der Waals surface area contributed by atoms with E-state index in [4.69, 9.17) is 0 Å². The van der Waals surface area contributed by atoms with Gasteiger partial charge in [-0.25, -0.2) is 0 Å². The number of Topliss-reactive ketones (excluding diaryl/α,β-unsaturated/α-hetero) is 1. The van der Waals surface area contributed by atoms with Crippen LogP contribution >= 0.6 is 0 Å². The molecule has 0 aromatic carbocycles. The molecule has 0 saturated carbocycles. The molecule has 0 fully saturated rings. The Labute approximate surface area is 101 Å². The van der Waals surface area contributed by atoms with Crippen molar-refractivity contribution in [3.8, 4) is 0 Å². The van der Waals surface area contributed by atoms with Crippen molar-refractivity contribution in [3.63, 3.8) is 0 Å². The minimum Gasteiger partial charge on any atom is -0.304 e. The second-order valence-electron chi connectivity index (χ2n) is 6.29. The second kappa shape index (κ2) is 5.81. The summed E-state index contributed by atoms with van der Waals surface area (Å²) in [7, 11) is 4.15. The maximum Gasteiger partial charge on any atom is 0.138 e. The topological polar surface area (TPSA) is 20.3 Å². The predicted molar refractivity (Wildman–Crippen MR) is 70.7 cm³/mol. The molecule has 0 radical (unpaired) electrons. The molecular formula is C14H29NO. The number of rotatable bonds is 7. The van der Waals surface area contributed by atoms with Gasteiger partial charge >= 0.3 is 0 Å². The number of carbonyl (C=O) groups is 1. The van der Waals surface area contributed by atoms with Crippen LogP contribution in [-0.4, -0.2) is 30.3 Å². The van der Waals surface area contributed by atoms with Crippen LogP contribution in [0.1, 0.15) is 60.3 Å². The number of unbranched alkanes of at least 4 members (excludes halogenated alkanes) is 1. The van der Waals surface area contributed by atoms with Crippen LogP contribution in [0, 0.1) is 5.41 Å². The molecule has 0 atom stereocenters. The van der Waals surface area contributed by atoms with Gasteiger partial charge in [-0.15, -0.1) is 0 Å². The summed E-state index contributed by atoms with van der Waals surface area (Å²) in [4.78, 5) is 14.3. The number of hydrogen-bond donors (Lipinski definition) is 0.